The van der Waals surface area contributed by atoms with Crippen LogP contribution in [0.5, 0.6) is 17.2 Å². The molecule has 4 nitrogen and oxygen atoms in total. The van der Waals surface area contributed by atoms with Crippen LogP contribution >= 0.6 is 0 Å². The second-order valence-electron chi connectivity index (χ2n) is 5.76. The average Bonchev–Trinajstić information content (AvgIpc) is 2.59. The van der Waals surface area contributed by atoms with E-state index in [2.05, 4.69) is 30.4 Å². The Hall–Kier alpha value is -2.20. The topological polar surface area (TPSA) is 39.7 Å². The van der Waals surface area contributed by atoms with Crippen LogP contribution in [0.25, 0.3) is 11.1 Å². The summed E-state index contributed by atoms with van der Waals surface area (Å²) in [6.07, 6.45) is 0.960. The molecule has 0 spiro atoms. The molecule has 0 saturated carbocycles. The third-order valence-corrected chi connectivity index (χ3v) is 4.36. The van der Waals surface area contributed by atoms with Gasteiger partial charge in [0.25, 0.3) is 0 Å². The molecule has 1 heterocycles. The van der Waals surface area contributed by atoms with E-state index in [0.29, 0.717) is 0 Å². The number of nitrogens with one attached hydrogen (secondary N) is 1. The van der Waals surface area contributed by atoms with E-state index in [-0.39, 0.29) is 0 Å². The monoisotopic (exact) mass is 313 g/mol. The van der Waals surface area contributed by atoms with Crippen LogP contribution in [0.3, 0.4) is 0 Å². The molecule has 1 N–H and O–H groups in total. The maximum atomic E-state index is 5.73. The minimum absolute atomic E-state index is 0.758. The maximum Gasteiger partial charge on any atom is 0.168 e. The van der Waals surface area contributed by atoms with Gasteiger partial charge < -0.3 is 19.5 Å². The fraction of sp³-hybridized carbons (Fsp3) is 0.368. The zero-order valence-electron chi connectivity index (χ0n) is 14.2. The predicted molar refractivity (Wildman–Crippen MR) is 91.7 cm³/mol. The van der Waals surface area contributed by atoms with Crippen molar-refractivity contribution in [2.75, 3.05) is 27.9 Å². The van der Waals surface area contributed by atoms with E-state index in [4.69, 9.17) is 14.2 Å². The highest BCUT2D eigenvalue weighted by atomic mass is 16.5. The molecule has 0 saturated heterocycles. The van der Waals surface area contributed by atoms with Crippen LogP contribution < -0.4 is 19.5 Å². The van der Waals surface area contributed by atoms with E-state index in [9.17, 15) is 0 Å². The largest absolute Gasteiger partial charge is 0.496 e. The summed E-state index contributed by atoms with van der Waals surface area (Å²) in [5.74, 6) is 2.38. The first-order chi connectivity index (χ1) is 11.2. The van der Waals surface area contributed by atoms with E-state index in [1.807, 2.05) is 6.07 Å². The SMILES string of the molecule is COc1ccc(C)cc1-c1c2c(cc(OC)c1OC)CNCC2. The first-order valence-electron chi connectivity index (χ1n) is 7.82. The predicted octanol–water partition coefficient (Wildman–Crippen LogP) is 3.33. The Balaban J connectivity index is 2.35. The Morgan fingerprint density at radius 1 is 0.957 bits per heavy atom. The fourth-order valence-corrected chi connectivity index (χ4v) is 3.27. The van der Waals surface area contributed by atoms with Gasteiger partial charge in [0.05, 0.1) is 21.3 Å². The molecular weight excluding hydrogens is 290 g/mol. The Bertz CT molecular complexity index is 711. The lowest BCUT2D eigenvalue weighted by Crippen LogP contribution is -2.24. The molecule has 0 unspecified atom stereocenters. The van der Waals surface area contributed by atoms with Gasteiger partial charge in [0.15, 0.2) is 11.5 Å². The Morgan fingerprint density at radius 2 is 1.74 bits per heavy atom. The third kappa shape index (κ3) is 2.75. The van der Waals surface area contributed by atoms with Gasteiger partial charge in [0.1, 0.15) is 5.75 Å². The molecule has 0 bridgehead atoms. The van der Waals surface area contributed by atoms with Gasteiger partial charge in [-0.25, -0.2) is 0 Å². The lowest BCUT2D eigenvalue weighted by molar-refractivity contribution is 0.354. The lowest BCUT2D eigenvalue weighted by Gasteiger charge is -2.25. The van der Waals surface area contributed by atoms with Crippen LogP contribution in [-0.4, -0.2) is 27.9 Å². The van der Waals surface area contributed by atoms with Crippen LogP contribution in [0.1, 0.15) is 16.7 Å². The lowest BCUT2D eigenvalue weighted by atomic mass is 9.89. The van der Waals surface area contributed by atoms with Gasteiger partial charge in [-0.05, 0) is 49.2 Å². The number of hydrogen-bond donors (Lipinski definition) is 1. The molecule has 0 aromatic heterocycles. The first-order valence-corrected chi connectivity index (χ1v) is 7.82. The summed E-state index contributed by atoms with van der Waals surface area (Å²) < 4.78 is 16.9. The zero-order chi connectivity index (χ0) is 16.4. The molecule has 0 fully saturated rings. The minimum atomic E-state index is 0.758. The van der Waals surface area contributed by atoms with Crippen molar-refractivity contribution >= 4 is 0 Å². The molecule has 0 atom stereocenters. The van der Waals surface area contributed by atoms with E-state index >= 15 is 0 Å². The van der Waals surface area contributed by atoms with Gasteiger partial charge >= 0.3 is 0 Å². The third-order valence-electron chi connectivity index (χ3n) is 4.36. The Morgan fingerprint density at radius 3 is 2.43 bits per heavy atom. The van der Waals surface area contributed by atoms with E-state index in [1.165, 1.54) is 16.7 Å². The number of ether oxygens (including phenoxy) is 3. The first kappa shape index (κ1) is 15.7. The number of benzene rings is 2. The van der Waals surface area contributed by atoms with Crippen molar-refractivity contribution in [1.29, 1.82) is 0 Å². The fourth-order valence-electron chi connectivity index (χ4n) is 3.27. The maximum absolute atomic E-state index is 5.73. The van der Waals surface area contributed by atoms with Crippen LogP contribution in [-0.2, 0) is 13.0 Å². The summed E-state index contributed by atoms with van der Waals surface area (Å²) in [6, 6.07) is 8.30. The van der Waals surface area contributed by atoms with E-state index in [1.54, 1.807) is 21.3 Å². The van der Waals surface area contributed by atoms with Gasteiger partial charge in [-0.15, -0.1) is 0 Å². The number of aryl methyl sites for hydroxylation is 1. The van der Waals surface area contributed by atoms with Crippen LogP contribution in [0.2, 0.25) is 0 Å². The van der Waals surface area contributed by atoms with E-state index in [0.717, 1.165) is 47.9 Å². The molecule has 0 radical (unpaired) electrons. The average molecular weight is 313 g/mol. The van der Waals surface area contributed by atoms with Gasteiger partial charge in [-0.1, -0.05) is 11.6 Å². The van der Waals surface area contributed by atoms with Crippen LogP contribution in [0.4, 0.5) is 0 Å². The molecule has 122 valence electrons. The molecule has 0 amide bonds. The quantitative estimate of drug-likeness (QED) is 0.940. The molecule has 2 aromatic carbocycles. The number of hydrogen-bond acceptors (Lipinski definition) is 4. The molecule has 23 heavy (non-hydrogen) atoms. The number of methoxy groups -OCH3 is 3. The van der Waals surface area contributed by atoms with Crippen molar-refractivity contribution in [3.63, 3.8) is 0 Å². The summed E-state index contributed by atoms with van der Waals surface area (Å²) in [6.45, 7) is 3.89. The number of rotatable bonds is 4. The Labute approximate surface area is 137 Å². The number of fused-ring (bicyclic) bond motifs is 1. The van der Waals surface area contributed by atoms with Crippen molar-refractivity contribution in [1.82, 2.24) is 5.32 Å². The molecule has 1 aliphatic heterocycles. The minimum Gasteiger partial charge on any atom is -0.496 e. The zero-order valence-corrected chi connectivity index (χ0v) is 14.2. The molecule has 0 aliphatic carbocycles. The van der Waals surface area contributed by atoms with Crippen LogP contribution in [0, 0.1) is 6.92 Å². The summed E-state index contributed by atoms with van der Waals surface area (Å²) in [7, 11) is 5.07. The van der Waals surface area contributed by atoms with Crippen molar-refractivity contribution in [3.8, 4) is 28.4 Å². The van der Waals surface area contributed by atoms with E-state index < -0.39 is 0 Å². The van der Waals surface area contributed by atoms with Gasteiger partial charge in [-0.3, -0.25) is 0 Å². The second kappa shape index (κ2) is 6.50. The molecule has 4 heteroatoms. The smallest absolute Gasteiger partial charge is 0.168 e. The summed E-state index contributed by atoms with van der Waals surface area (Å²) >= 11 is 0. The van der Waals surface area contributed by atoms with Gasteiger partial charge in [0, 0.05) is 17.7 Å². The van der Waals surface area contributed by atoms with Gasteiger partial charge in [0.2, 0.25) is 0 Å². The molecule has 2 aromatic rings. The summed E-state index contributed by atoms with van der Waals surface area (Å²) in [5, 5.41) is 3.42. The highest BCUT2D eigenvalue weighted by molar-refractivity contribution is 5.83. The summed E-state index contributed by atoms with van der Waals surface area (Å²) in [4.78, 5) is 0. The van der Waals surface area contributed by atoms with Crippen molar-refractivity contribution in [2.24, 2.45) is 0 Å². The standard InChI is InChI=1S/C19H23NO3/c1-12-5-6-16(21-2)15(9-12)18-14-7-8-20-11-13(14)10-17(22-3)19(18)23-4/h5-6,9-10,20H,7-8,11H2,1-4H3. The highest BCUT2D eigenvalue weighted by Crippen LogP contribution is 2.46. The Kier molecular flexibility index (Phi) is 4.44. The highest BCUT2D eigenvalue weighted by Gasteiger charge is 2.24. The second-order valence-corrected chi connectivity index (χ2v) is 5.76. The molecular formula is C19H23NO3. The van der Waals surface area contributed by atoms with Gasteiger partial charge in [-0.2, -0.15) is 0 Å². The van der Waals surface area contributed by atoms with Crippen LogP contribution in [0.15, 0.2) is 24.3 Å². The molecule has 3 rings (SSSR count). The van der Waals surface area contributed by atoms with Crippen molar-refractivity contribution in [3.05, 3.63) is 41.0 Å². The van der Waals surface area contributed by atoms with Crippen molar-refractivity contribution in [2.45, 2.75) is 19.9 Å². The normalized spacial score (nSPS) is 13.4. The summed E-state index contributed by atoms with van der Waals surface area (Å²) in [5.41, 5.74) is 5.90. The molecule has 1 aliphatic rings. The van der Waals surface area contributed by atoms with Crippen molar-refractivity contribution < 1.29 is 14.2 Å².